The van der Waals surface area contributed by atoms with Crippen LogP contribution in [0.25, 0.3) is 20.4 Å². The van der Waals surface area contributed by atoms with Crippen LogP contribution in [0.2, 0.25) is 0 Å². The molecule has 0 bridgehead atoms. The molecule has 0 radical (unpaired) electrons. The zero-order valence-electron chi connectivity index (χ0n) is 17.7. The van der Waals surface area contributed by atoms with Gasteiger partial charge in [0.1, 0.15) is 0 Å². The fourth-order valence-corrected chi connectivity index (χ4v) is 5.73. The number of aryl methyl sites for hydroxylation is 2. The first-order valence-electron chi connectivity index (χ1n) is 10.5. The molecule has 3 heterocycles. The second-order valence-electron chi connectivity index (χ2n) is 7.97. The van der Waals surface area contributed by atoms with Crippen molar-refractivity contribution in [2.75, 3.05) is 44.2 Å². The molecule has 1 aliphatic rings. The van der Waals surface area contributed by atoms with E-state index in [0.717, 1.165) is 53.6 Å². The fraction of sp³-hybridized carbons (Fsp3) is 0.348. The molecule has 0 atom stereocenters. The van der Waals surface area contributed by atoms with Crippen LogP contribution in [0, 0.1) is 13.8 Å². The first-order chi connectivity index (χ1) is 15.1. The van der Waals surface area contributed by atoms with Crippen molar-refractivity contribution < 1.29 is 4.79 Å². The number of anilines is 1. The summed E-state index contributed by atoms with van der Waals surface area (Å²) in [5, 5.41) is 4.18. The minimum Gasteiger partial charge on any atom is -0.351 e. The van der Waals surface area contributed by atoms with Crippen LogP contribution in [0.3, 0.4) is 0 Å². The summed E-state index contributed by atoms with van der Waals surface area (Å²) in [5.41, 5.74) is 7.16. The Morgan fingerprint density at radius 2 is 1.94 bits per heavy atom. The molecule has 0 unspecified atom stereocenters. The third-order valence-corrected chi connectivity index (χ3v) is 7.90. The van der Waals surface area contributed by atoms with Gasteiger partial charge in [-0.3, -0.25) is 9.69 Å². The lowest BCUT2D eigenvalue weighted by atomic mass is 10.1. The highest BCUT2D eigenvalue weighted by atomic mass is 32.1. The number of nitrogens with one attached hydrogen (secondary N) is 1. The normalized spacial score (nSPS) is 15.1. The number of rotatable bonds is 5. The van der Waals surface area contributed by atoms with Gasteiger partial charge < -0.3 is 10.2 Å². The molecule has 1 saturated heterocycles. The Morgan fingerprint density at radius 1 is 1.10 bits per heavy atom. The maximum Gasteiger partial charge on any atom is 0.251 e. The molecule has 2 aromatic carbocycles. The highest BCUT2D eigenvalue weighted by Gasteiger charge is 2.20. The van der Waals surface area contributed by atoms with Gasteiger partial charge in [-0.05, 0) is 49.2 Å². The number of amides is 1. The average Bonchev–Trinajstić information content (AvgIpc) is 3.43. The second-order valence-corrected chi connectivity index (χ2v) is 9.87. The summed E-state index contributed by atoms with van der Waals surface area (Å²) >= 11 is 3.34. The Morgan fingerprint density at radius 3 is 2.77 bits per heavy atom. The fourth-order valence-electron chi connectivity index (χ4n) is 3.94. The third kappa shape index (κ3) is 4.15. The molecule has 0 saturated carbocycles. The zero-order chi connectivity index (χ0) is 21.4. The van der Waals surface area contributed by atoms with Crippen molar-refractivity contribution >= 4 is 54.1 Å². The minimum absolute atomic E-state index is 0.0194. The van der Waals surface area contributed by atoms with E-state index in [1.54, 1.807) is 22.7 Å². The van der Waals surface area contributed by atoms with Gasteiger partial charge in [0.2, 0.25) is 0 Å². The third-order valence-electron chi connectivity index (χ3n) is 6.02. The molecule has 5 rings (SSSR count). The van der Waals surface area contributed by atoms with Crippen LogP contribution in [0.15, 0.2) is 35.8 Å². The molecular weight excluding hydrogens is 426 g/mol. The number of carbonyl (C=O) groups is 1. The molecule has 0 aliphatic carbocycles. The van der Waals surface area contributed by atoms with Crippen LogP contribution < -0.4 is 10.2 Å². The molecule has 31 heavy (non-hydrogen) atoms. The summed E-state index contributed by atoms with van der Waals surface area (Å²) in [6, 6.07) is 10.0. The number of piperazine rings is 1. The average molecular weight is 452 g/mol. The molecule has 8 heteroatoms. The van der Waals surface area contributed by atoms with Gasteiger partial charge in [-0.15, -0.1) is 11.3 Å². The van der Waals surface area contributed by atoms with Gasteiger partial charge in [-0.25, -0.2) is 9.97 Å². The zero-order valence-corrected chi connectivity index (χ0v) is 19.4. The van der Waals surface area contributed by atoms with Gasteiger partial charge in [0.05, 0.1) is 25.9 Å². The molecule has 1 fully saturated rings. The topological polar surface area (TPSA) is 61.4 Å². The predicted molar refractivity (Wildman–Crippen MR) is 130 cm³/mol. The second kappa shape index (κ2) is 8.53. The van der Waals surface area contributed by atoms with Gasteiger partial charge in [0.15, 0.2) is 5.13 Å². The number of aromatic nitrogens is 2. The maximum atomic E-state index is 12.5. The van der Waals surface area contributed by atoms with Gasteiger partial charge in [-0.2, -0.15) is 0 Å². The number of hydrogen-bond donors (Lipinski definition) is 1. The SMILES string of the molecule is Cc1ccc2sc(N3CCN(CCNC(=O)c4ccc5ncsc5c4)CC3)nc2c1C. The van der Waals surface area contributed by atoms with Gasteiger partial charge in [-0.1, -0.05) is 17.4 Å². The number of thiazole rings is 2. The van der Waals surface area contributed by atoms with E-state index in [2.05, 4.69) is 46.1 Å². The largest absolute Gasteiger partial charge is 0.351 e. The van der Waals surface area contributed by atoms with Crippen LogP contribution in [-0.4, -0.2) is 60.0 Å². The number of carbonyl (C=O) groups excluding carboxylic acids is 1. The molecule has 1 amide bonds. The Hall–Kier alpha value is -2.55. The lowest BCUT2D eigenvalue weighted by Gasteiger charge is -2.34. The lowest BCUT2D eigenvalue weighted by Crippen LogP contribution is -2.48. The standard InChI is InChI=1S/C23H25N5OS2/c1-15-3-6-19-21(16(15)2)26-23(31-19)28-11-9-27(10-12-28)8-7-24-22(29)17-4-5-18-20(13-17)30-14-25-18/h3-6,13-14H,7-12H2,1-2H3,(H,24,29). The summed E-state index contributed by atoms with van der Waals surface area (Å²) in [5.74, 6) is -0.0194. The number of benzene rings is 2. The van der Waals surface area contributed by atoms with Crippen molar-refractivity contribution in [1.29, 1.82) is 0 Å². The maximum absolute atomic E-state index is 12.5. The molecule has 1 N–H and O–H groups in total. The quantitative estimate of drug-likeness (QED) is 0.496. The Kier molecular flexibility index (Phi) is 5.60. The summed E-state index contributed by atoms with van der Waals surface area (Å²) in [6.45, 7) is 9.71. The van der Waals surface area contributed by atoms with Gasteiger partial charge in [0.25, 0.3) is 5.91 Å². The van der Waals surface area contributed by atoms with Crippen molar-refractivity contribution in [1.82, 2.24) is 20.2 Å². The van der Waals surface area contributed by atoms with Crippen molar-refractivity contribution in [3.8, 4) is 0 Å². The first-order valence-corrected chi connectivity index (χ1v) is 12.2. The summed E-state index contributed by atoms with van der Waals surface area (Å²) in [7, 11) is 0. The van der Waals surface area contributed by atoms with Crippen molar-refractivity contribution in [2.45, 2.75) is 13.8 Å². The van der Waals surface area contributed by atoms with Crippen molar-refractivity contribution in [2.24, 2.45) is 0 Å². The molecule has 160 valence electrons. The van der Waals surface area contributed by atoms with E-state index in [0.29, 0.717) is 12.1 Å². The molecule has 4 aromatic rings. The molecular formula is C23H25N5OS2. The Balaban J connectivity index is 1.12. The van der Waals surface area contributed by atoms with E-state index >= 15 is 0 Å². The van der Waals surface area contributed by atoms with E-state index in [1.165, 1.54) is 15.8 Å². The van der Waals surface area contributed by atoms with Crippen LogP contribution in [0.5, 0.6) is 0 Å². The Bertz CT molecular complexity index is 1240. The number of hydrogen-bond acceptors (Lipinski definition) is 7. The van der Waals surface area contributed by atoms with E-state index in [1.807, 2.05) is 23.7 Å². The Labute approximate surface area is 189 Å². The monoisotopic (exact) mass is 451 g/mol. The molecule has 0 spiro atoms. The number of nitrogens with zero attached hydrogens (tertiary/aromatic N) is 4. The minimum atomic E-state index is -0.0194. The summed E-state index contributed by atoms with van der Waals surface area (Å²) < 4.78 is 2.31. The smallest absolute Gasteiger partial charge is 0.251 e. The van der Waals surface area contributed by atoms with Crippen LogP contribution in [0.4, 0.5) is 5.13 Å². The predicted octanol–water partition coefficient (Wildman–Crippen LogP) is 4.07. The van der Waals surface area contributed by atoms with Crippen molar-refractivity contribution in [3.05, 3.63) is 52.5 Å². The highest BCUT2D eigenvalue weighted by molar-refractivity contribution is 7.22. The van der Waals surface area contributed by atoms with E-state index in [4.69, 9.17) is 4.98 Å². The number of fused-ring (bicyclic) bond motifs is 2. The van der Waals surface area contributed by atoms with Crippen LogP contribution >= 0.6 is 22.7 Å². The van der Waals surface area contributed by atoms with Gasteiger partial charge in [0, 0.05) is 44.8 Å². The van der Waals surface area contributed by atoms with E-state index in [9.17, 15) is 4.79 Å². The summed E-state index contributed by atoms with van der Waals surface area (Å²) in [4.78, 5) is 26.4. The lowest BCUT2D eigenvalue weighted by molar-refractivity contribution is 0.0948. The van der Waals surface area contributed by atoms with Crippen LogP contribution in [-0.2, 0) is 0 Å². The highest BCUT2D eigenvalue weighted by Crippen LogP contribution is 2.32. The summed E-state index contributed by atoms with van der Waals surface area (Å²) in [6.07, 6.45) is 0. The first kappa shape index (κ1) is 20.4. The molecule has 1 aliphatic heterocycles. The van der Waals surface area contributed by atoms with E-state index < -0.39 is 0 Å². The van der Waals surface area contributed by atoms with Crippen LogP contribution in [0.1, 0.15) is 21.5 Å². The van der Waals surface area contributed by atoms with Crippen molar-refractivity contribution in [3.63, 3.8) is 0 Å². The van der Waals surface area contributed by atoms with E-state index in [-0.39, 0.29) is 5.91 Å². The molecule has 6 nitrogen and oxygen atoms in total. The van der Waals surface area contributed by atoms with Gasteiger partial charge >= 0.3 is 0 Å². The molecule has 2 aromatic heterocycles.